The van der Waals surface area contributed by atoms with Crippen molar-refractivity contribution in [3.63, 3.8) is 0 Å². The molecule has 3 rings (SSSR count). The minimum absolute atomic E-state index is 0.166. The summed E-state index contributed by atoms with van der Waals surface area (Å²) in [5.74, 6) is 0.723. The molecule has 1 aromatic heterocycles. The van der Waals surface area contributed by atoms with Crippen LogP contribution in [0.3, 0.4) is 0 Å². The summed E-state index contributed by atoms with van der Waals surface area (Å²) in [4.78, 5) is 23.4. The van der Waals surface area contributed by atoms with E-state index in [0.29, 0.717) is 42.4 Å². The molecule has 0 radical (unpaired) electrons. The number of aromatic nitrogens is 1. The molecule has 1 saturated heterocycles. The lowest BCUT2D eigenvalue weighted by Gasteiger charge is -2.22. The van der Waals surface area contributed by atoms with Crippen LogP contribution in [0, 0.1) is 17.2 Å². The van der Waals surface area contributed by atoms with Crippen LogP contribution >= 0.6 is 0 Å². The van der Waals surface area contributed by atoms with Gasteiger partial charge in [0, 0.05) is 13.5 Å². The van der Waals surface area contributed by atoms with Gasteiger partial charge in [-0.25, -0.2) is 4.99 Å². The van der Waals surface area contributed by atoms with E-state index in [1.54, 1.807) is 19.2 Å². The lowest BCUT2D eigenvalue weighted by Crippen LogP contribution is -2.27. The van der Waals surface area contributed by atoms with Gasteiger partial charge in [-0.3, -0.25) is 9.79 Å². The van der Waals surface area contributed by atoms with Crippen molar-refractivity contribution in [2.24, 2.45) is 21.6 Å². The van der Waals surface area contributed by atoms with Crippen molar-refractivity contribution >= 4 is 18.1 Å². The molecule has 1 saturated carbocycles. The average Bonchev–Trinajstić information content (AvgIpc) is 3.39. The largest absolute Gasteiger partial charge is 0.463 e. The number of carbonyl (C=O) groups excluding carboxylic acids is 1. The Morgan fingerprint density at radius 1 is 1.41 bits per heavy atom. The molecule has 156 valence electrons. The zero-order valence-electron chi connectivity index (χ0n) is 16.9. The number of nitriles is 1. The van der Waals surface area contributed by atoms with E-state index < -0.39 is 5.60 Å². The van der Waals surface area contributed by atoms with E-state index in [1.807, 2.05) is 0 Å². The summed E-state index contributed by atoms with van der Waals surface area (Å²) in [6.07, 6.45) is 8.42. The maximum absolute atomic E-state index is 12.2. The molecule has 0 spiro atoms. The number of hydrogen-bond donors (Lipinski definition) is 2. The molecular formula is C21H29N5O3. The van der Waals surface area contributed by atoms with Gasteiger partial charge >= 0.3 is 5.97 Å². The van der Waals surface area contributed by atoms with E-state index in [2.05, 4.69) is 21.0 Å². The number of nitrogens with one attached hydrogen (secondary N) is 1. The van der Waals surface area contributed by atoms with Crippen LogP contribution in [0.15, 0.2) is 22.1 Å². The number of carbonyl (C=O) groups is 1. The van der Waals surface area contributed by atoms with Crippen LogP contribution < -0.4 is 5.73 Å². The first kappa shape index (κ1) is 21.1. The third-order valence-corrected chi connectivity index (χ3v) is 5.75. The molecule has 8 heteroatoms. The lowest BCUT2D eigenvalue weighted by molar-refractivity contribution is -0.150. The first-order chi connectivity index (χ1) is 14.1. The Kier molecular flexibility index (Phi) is 7.04. The number of aromatic amines is 1. The minimum atomic E-state index is -1.09. The Morgan fingerprint density at radius 3 is 2.90 bits per heavy atom. The van der Waals surface area contributed by atoms with Crippen molar-refractivity contribution in [3.8, 4) is 6.07 Å². The zero-order chi connectivity index (χ0) is 20.7. The number of ether oxygens (including phenoxy) is 2. The summed E-state index contributed by atoms with van der Waals surface area (Å²) >= 11 is 0. The molecule has 0 bridgehead atoms. The van der Waals surface area contributed by atoms with Crippen molar-refractivity contribution in [2.45, 2.75) is 63.1 Å². The number of hydrogen-bond acceptors (Lipinski definition) is 5. The Hall–Kier alpha value is -2.66. The molecule has 0 aromatic carbocycles. The molecule has 2 heterocycles. The van der Waals surface area contributed by atoms with Gasteiger partial charge in [0.25, 0.3) is 0 Å². The number of aliphatic imine (C=N–C) groups is 2. The topological polar surface area (TPSA) is 126 Å². The fourth-order valence-corrected chi connectivity index (χ4v) is 4.18. The third kappa shape index (κ3) is 5.04. The van der Waals surface area contributed by atoms with Gasteiger partial charge in [0.15, 0.2) is 11.4 Å². The molecule has 1 aliphatic heterocycles. The fourth-order valence-electron chi connectivity index (χ4n) is 4.18. The average molecular weight is 399 g/mol. The maximum atomic E-state index is 12.2. The molecule has 2 fully saturated rings. The smallest absolute Gasteiger partial charge is 0.306 e. The second-order valence-electron chi connectivity index (χ2n) is 7.72. The summed E-state index contributed by atoms with van der Waals surface area (Å²) in [5.41, 5.74) is 5.56. The van der Waals surface area contributed by atoms with E-state index in [9.17, 15) is 10.1 Å². The van der Waals surface area contributed by atoms with Crippen LogP contribution in [-0.2, 0) is 19.9 Å². The first-order valence-corrected chi connectivity index (χ1v) is 10.3. The number of nitrogens with zero attached hydrogens (tertiary/aromatic N) is 3. The summed E-state index contributed by atoms with van der Waals surface area (Å²) < 4.78 is 11.5. The highest BCUT2D eigenvalue weighted by Gasteiger charge is 2.44. The van der Waals surface area contributed by atoms with E-state index in [-0.39, 0.29) is 18.7 Å². The van der Waals surface area contributed by atoms with Crippen molar-refractivity contribution in [1.82, 2.24) is 4.98 Å². The van der Waals surface area contributed by atoms with Gasteiger partial charge in [-0.05, 0) is 43.7 Å². The Balaban J connectivity index is 1.57. The summed E-state index contributed by atoms with van der Waals surface area (Å²) in [6.45, 7) is 0.182. The molecule has 0 amide bonds. The van der Waals surface area contributed by atoms with Crippen molar-refractivity contribution in [3.05, 3.63) is 23.5 Å². The van der Waals surface area contributed by atoms with Crippen LogP contribution in [0.2, 0.25) is 0 Å². The third-order valence-electron chi connectivity index (χ3n) is 5.75. The van der Waals surface area contributed by atoms with Gasteiger partial charge in [-0.15, -0.1) is 0 Å². The highest BCUT2D eigenvalue weighted by atomic mass is 16.6. The van der Waals surface area contributed by atoms with Crippen LogP contribution in [0.25, 0.3) is 0 Å². The molecule has 2 atom stereocenters. The quantitative estimate of drug-likeness (QED) is 0.432. The summed E-state index contributed by atoms with van der Waals surface area (Å²) in [7, 11) is 1.62. The van der Waals surface area contributed by atoms with Crippen LogP contribution in [0.4, 0.5) is 0 Å². The Morgan fingerprint density at radius 2 is 2.21 bits per heavy atom. The van der Waals surface area contributed by atoms with Crippen molar-refractivity contribution in [2.75, 3.05) is 13.7 Å². The van der Waals surface area contributed by atoms with Gasteiger partial charge in [0.1, 0.15) is 12.7 Å². The van der Waals surface area contributed by atoms with Gasteiger partial charge in [-0.2, -0.15) is 5.26 Å². The molecular weight excluding hydrogens is 370 g/mol. The molecule has 1 aromatic rings. The predicted octanol–water partition coefficient (Wildman–Crippen LogP) is 2.79. The number of amidine groups is 1. The first-order valence-electron chi connectivity index (χ1n) is 10.3. The Labute approximate surface area is 171 Å². The lowest BCUT2D eigenvalue weighted by atomic mass is 9.87. The van der Waals surface area contributed by atoms with Crippen LogP contribution in [-0.4, -0.2) is 42.9 Å². The molecule has 2 unspecified atom stereocenters. The van der Waals surface area contributed by atoms with E-state index in [1.165, 1.54) is 25.6 Å². The second kappa shape index (κ2) is 9.70. The van der Waals surface area contributed by atoms with E-state index in [0.717, 1.165) is 12.8 Å². The zero-order valence-corrected chi connectivity index (χ0v) is 16.9. The predicted molar refractivity (Wildman–Crippen MR) is 109 cm³/mol. The highest BCUT2D eigenvalue weighted by molar-refractivity contribution is 6.01. The van der Waals surface area contributed by atoms with Gasteiger partial charge in [-0.1, -0.05) is 19.3 Å². The molecule has 8 nitrogen and oxygen atoms in total. The number of H-pyrrole nitrogens is 1. The molecule has 1 aliphatic carbocycles. The SMILES string of the molecule is CN=C(N=CN)c1ccc(C2(C#N)CCC(COC(=O)CC3CCCCC3)O2)[nH]1. The van der Waals surface area contributed by atoms with Crippen molar-refractivity contribution in [1.29, 1.82) is 5.26 Å². The van der Waals surface area contributed by atoms with Gasteiger partial charge < -0.3 is 20.2 Å². The summed E-state index contributed by atoms with van der Waals surface area (Å²) in [6, 6.07) is 5.88. The van der Waals surface area contributed by atoms with Gasteiger partial charge in [0.2, 0.25) is 0 Å². The standard InChI is InChI=1S/C21H29N5O3/c1-24-20(25-14-23)17-7-8-18(26-17)21(13-22)10-9-16(29-21)12-28-19(27)11-15-5-3-2-4-6-15/h7-8,14-16,26H,2-6,9-12H2,1H3,(H2,23,24,25). The molecule has 3 N–H and O–H groups in total. The number of esters is 1. The molecule has 2 aliphatic rings. The van der Waals surface area contributed by atoms with Crippen molar-refractivity contribution < 1.29 is 14.3 Å². The maximum Gasteiger partial charge on any atom is 0.306 e. The summed E-state index contributed by atoms with van der Waals surface area (Å²) in [5, 5.41) is 9.81. The highest BCUT2D eigenvalue weighted by Crippen LogP contribution is 2.38. The van der Waals surface area contributed by atoms with Gasteiger partial charge in [0.05, 0.1) is 23.8 Å². The van der Waals surface area contributed by atoms with Crippen LogP contribution in [0.5, 0.6) is 0 Å². The number of nitrogens with two attached hydrogens (primary N) is 1. The van der Waals surface area contributed by atoms with Crippen LogP contribution in [0.1, 0.15) is 62.8 Å². The molecule has 29 heavy (non-hydrogen) atoms. The van der Waals surface area contributed by atoms with E-state index in [4.69, 9.17) is 15.2 Å². The number of rotatable bonds is 6. The minimum Gasteiger partial charge on any atom is -0.463 e. The monoisotopic (exact) mass is 399 g/mol. The fraction of sp³-hybridized carbons (Fsp3) is 0.619. The Bertz CT molecular complexity index is 803. The van der Waals surface area contributed by atoms with E-state index >= 15 is 0 Å². The normalized spacial score (nSPS) is 25.9. The second-order valence-corrected chi connectivity index (χ2v) is 7.72.